The molecule has 1 aromatic rings. The molecule has 0 saturated carbocycles. The lowest BCUT2D eigenvalue weighted by atomic mass is 10.1. The van der Waals surface area contributed by atoms with Gasteiger partial charge in [0.25, 0.3) is 0 Å². The quantitative estimate of drug-likeness (QED) is 0.820. The highest BCUT2D eigenvalue weighted by atomic mass is 16.5. The SMILES string of the molecule is COc1ccccc1C(C)NC(C)CN(C)C. The van der Waals surface area contributed by atoms with Crippen LogP contribution in [0.4, 0.5) is 0 Å². The van der Waals surface area contributed by atoms with Gasteiger partial charge in [0.05, 0.1) is 7.11 Å². The van der Waals surface area contributed by atoms with Gasteiger partial charge in [-0.05, 0) is 34.0 Å². The van der Waals surface area contributed by atoms with Gasteiger partial charge in [-0.1, -0.05) is 18.2 Å². The molecule has 0 aliphatic heterocycles. The first kappa shape index (κ1) is 14.0. The fourth-order valence-electron chi connectivity index (χ4n) is 2.14. The third-order valence-corrected chi connectivity index (χ3v) is 2.78. The normalized spacial score (nSPS) is 14.7. The fourth-order valence-corrected chi connectivity index (χ4v) is 2.14. The minimum Gasteiger partial charge on any atom is -0.496 e. The van der Waals surface area contributed by atoms with Gasteiger partial charge >= 0.3 is 0 Å². The van der Waals surface area contributed by atoms with Crippen LogP contribution in [0.1, 0.15) is 25.5 Å². The Morgan fingerprint density at radius 2 is 1.88 bits per heavy atom. The van der Waals surface area contributed by atoms with Crippen molar-refractivity contribution in [3.63, 3.8) is 0 Å². The summed E-state index contributed by atoms with van der Waals surface area (Å²) >= 11 is 0. The molecular formula is C14H24N2O. The van der Waals surface area contributed by atoms with Crippen molar-refractivity contribution in [3.05, 3.63) is 29.8 Å². The number of ether oxygens (including phenoxy) is 1. The van der Waals surface area contributed by atoms with Crippen molar-refractivity contribution in [2.45, 2.75) is 25.9 Å². The highest BCUT2D eigenvalue weighted by Gasteiger charge is 2.13. The standard InChI is InChI=1S/C14H24N2O/c1-11(10-16(3)4)15-12(2)13-8-6-7-9-14(13)17-5/h6-9,11-12,15H,10H2,1-5H3. The summed E-state index contributed by atoms with van der Waals surface area (Å²) in [5, 5.41) is 3.58. The molecule has 3 nitrogen and oxygen atoms in total. The average molecular weight is 236 g/mol. The van der Waals surface area contributed by atoms with Gasteiger partial charge in [0.2, 0.25) is 0 Å². The van der Waals surface area contributed by atoms with Crippen molar-refractivity contribution in [2.24, 2.45) is 0 Å². The van der Waals surface area contributed by atoms with Gasteiger partial charge in [0.15, 0.2) is 0 Å². The maximum atomic E-state index is 5.38. The molecule has 3 heteroatoms. The number of methoxy groups -OCH3 is 1. The van der Waals surface area contributed by atoms with E-state index in [9.17, 15) is 0 Å². The van der Waals surface area contributed by atoms with E-state index in [0.717, 1.165) is 12.3 Å². The number of nitrogens with zero attached hydrogens (tertiary/aromatic N) is 1. The van der Waals surface area contributed by atoms with E-state index in [0.29, 0.717) is 12.1 Å². The molecule has 1 rings (SSSR count). The fraction of sp³-hybridized carbons (Fsp3) is 0.571. The Morgan fingerprint density at radius 3 is 2.47 bits per heavy atom. The lowest BCUT2D eigenvalue weighted by Crippen LogP contribution is -2.37. The van der Waals surface area contributed by atoms with Gasteiger partial charge in [0.1, 0.15) is 5.75 Å². The topological polar surface area (TPSA) is 24.5 Å². The van der Waals surface area contributed by atoms with E-state index in [1.54, 1.807) is 7.11 Å². The maximum Gasteiger partial charge on any atom is 0.123 e. The molecule has 2 unspecified atom stereocenters. The summed E-state index contributed by atoms with van der Waals surface area (Å²) in [5.41, 5.74) is 1.21. The minimum atomic E-state index is 0.293. The third-order valence-electron chi connectivity index (χ3n) is 2.78. The van der Waals surface area contributed by atoms with Gasteiger partial charge in [-0.15, -0.1) is 0 Å². The van der Waals surface area contributed by atoms with Gasteiger partial charge < -0.3 is 15.0 Å². The van der Waals surface area contributed by atoms with Gasteiger partial charge in [-0.2, -0.15) is 0 Å². The first-order valence-corrected chi connectivity index (χ1v) is 6.08. The number of rotatable bonds is 6. The molecule has 0 aromatic heterocycles. The molecule has 96 valence electrons. The van der Waals surface area contributed by atoms with Crippen LogP contribution < -0.4 is 10.1 Å². The van der Waals surface area contributed by atoms with Crippen LogP contribution in [0, 0.1) is 0 Å². The van der Waals surface area contributed by atoms with Crippen LogP contribution in [0.2, 0.25) is 0 Å². The first-order valence-electron chi connectivity index (χ1n) is 6.08. The molecule has 0 aliphatic carbocycles. The first-order chi connectivity index (χ1) is 8.04. The zero-order valence-corrected chi connectivity index (χ0v) is 11.5. The van der Waals surface area contributed by atoms with Crippen LogP contribution in [0.25, 0.3) is 0 Å². The molecule has 17 heavy (non-hydrogen) atoms. The Kier molecular flexibility index (Phi) is 5.45. The minimum absolute atomic E-state index is 0.293. The molecule has 0 fully saturated rings. The zero-order valence-electron chi connectivity index (χ0n) is 11.5. The maximum absolute atomic E-state index is 5.38. The molecule has 0 amide bonds. The monoisotopic (exact) mass is 236 g/mol. The number of benzene rings is 1. The van der Waals surface area contributed by atoms with Gasteiger partial charge in [-0.25, -0.2) is 0 Å². The number of para-hydroxylation sites is 1. The zero-order chi connectivity index (χ0) is 12.8. The third kappa shape index (κ3) is 4.36. The second-order valence-corrected chi connectivity index (χ2v) is 4.79. The van der Waals surface area contributed by atoms with Crippen molar-refractivity contribution in [1.82, 2.24) is 10.2 Å². The van der Waals surface area contributed by atoms with Crippen molar-refractivity contribution in [1.29, 1.82) is 0 Å². The molecule has 0 aliphatic rings. The van der Waals surface area contributed by atoms with Crippen LogP contribution in [0.3, 0.4) is 0 Å². The summed E-state index contributed by atoms with van der Waals surface area (Å²) in [6.45, 7) is 5.40. The highest BCUT2D eigenvalue weighted by Crippen LogP contribution is 2.24. The molecule has 1 aromatic carbocycles. The van der Waals surface area contributed by atoms with Gasteiger partial charge in [-0.3, -0.25) is 0 Å². The van der Waals surface area contributed by atoms with E-state index in [-0.39, 0.29) is 0 Å². The summed E-state index contributed by atoms with van der Waals surface area (Å²) in [7, 11) is 5.90. The summed E-state index contributed by atoms with van der Waals surface area (Å²) in [6.07, 6.45) is 0. The van der Waals surface area contributed by atoms with Crippen molar-refractivity contribution >= 4 is 0 Å². The predicted molar refractivity (Wildman–Crippen MR) is 72.6 cm³/mol. The molecule has 0 radical (unpaired) electrons. The van der Waals surface area contributed by atoms with E-state index < -0.39 is 0 Å². The molecular weight excluding hydrogens is 212 g/mol. The van der Waals surface area contributed by atoms with E-state index in [2.05, 4.69) is 44.2 Å². The molecule has 0 saturated heterocycles. The summed E-state index contributed by atoms with van der Waals surface area (Å²) < 4.78 is 5.38. The average Bonchev–Trinajstić information content (AvgIpc) is 2.27. The van der Waals surface area contributed by atoms with Gasteiger partial charge in [0, 0.05) is 24.2 Å². The second-order valence-electron chi connectivity index (χ2n) is 4.79. The lowest BCUT2D eigenvalue weighted by Gasteiger charge is -2.24. The number of likely N-dealkylation sites (N-methyl/N-ethyl adjacent to an activating group) is 1. The van der Waals surface area contributed by atoms with Crippen molar-refractivity contribution in [2.75, 3.05) is 27.7 Å². The molecule has 0 bridgehead atoms. The Balaban J connectivity index is 2.65. The number of hydrogen-bond donors (Lipinski definition) is 1. The van der Waals surface area contributed by atoms with Crippen LogP contribution in [-0.4, -0.2) is 38.7 Å². The van der Waals surface area contributed by atoms with Crippen LogP contribution in [0.5, 0.6) is 5.75 Å². The van der Waals surface area contributed by atoms with Crippen LogP contribution in [0.15, 0.2) is 24.3 Å². The van der Waals surface area contributed by atoms with E-state index in [1.807, 2.05) is 18.2 Å². The van der Waals surface area contributed by atoms with Crippen LogP contribution in [-0.2, 0) is 0 Å². The number of hydrogen-bond acceptors (Lipinski definition) is 3. The molecule has 0 spiro atoms. The van der Waals surface area contributed by atoms with E-state index in [4.69, 9.17) is 4.74 Å². The smallest absolute Gasteiger partial charge is 0.123 e. The Morgan fingerprint density at radius 1 is 1.24 bits per heavy atom. The largest absolute Gasteiger partial charge is 0.496 e. The lowest BCUT2D eigenvalue weighted by molar-refractivity contribution is 0.330. The van der Waals surface area contributed by atoms with Crippen LogP contribution >= 0.6 is 0 Å². The second kappa shape index (κ2) is 6.62. The highest BCUT2D eigenvalue weighted by molar-refractivity contribution is 5.35. The van der Waals surface area contributed by atoms with E-state index in [1.165, 1.54) is 5.56 Å². The Hall–Kier alpha value is -1.06. The van der Waals surface area contributed by atoms with E-state index >= 15 is 0 Å². The molecule has 0 heterocycles. The Bertz CT molecular complexity index is 339. The van der Waals surface area contributed by atoms with Crippen molar-refractivity contribution in [3.8, 4) is 5.75 Å². The summed E-state index contributed by atoms with van der Waals surface area (Å²) in [5.74, 6) is 0.949. The molecule has 2 atom stereocenters. The Labute approximate surface area is 105 Å². The predicted octanol–water partition coefficient (Wildman–Crippen LogP) is 2.30. The summed E-state index contributed by atoms with van der Waals surface area (Å²) in [4.78, 5) is 2.19. The molecule has 1 N–H and O–H groups in total. The summed E-state index contributed by atoms with van der Waals surface area (Å²) in [6, 6.07) is 8.90. The number of nitrogens with one attached hydrogen (secondary N) is 1. The van der Waals surface area contributed by atoms with Crippen molar-refractivity contribution < 1.29 is 4.74 Å².